The highest BCUT2D eigenvalue weighted by Gasteiger charge is 2.44. The third-order valence-electron chi connectivity index (χ3n) is 5.31. The van der Waals surface area contributed by atoms with Crippen molar-refractivity contribution in [3.05, 3.63) is 96.1 Å². The molecule has 0 aromatic heterocycles. The third kappa shape index (κ3) is 4.19. The molecule has 3 aromatic rings. The number of nitrogens with zero attached hydrogens (tertiary/aromatic N) is 2. The SMILES string of the molecule is COc1ccc(CN(C(=O)c2ccccc2)C2CC(=O)N(c3ccccc3)C2=O)cc1. The van der Waals surface area contributed by atoms with Gasteiger partial charge in [-0.25, -0.2) is 4.90 Å². The number of carbonyl (C=O) groups excluding carboxylic acids is 3. The van der Waals surface area contributed by atoms with Crippen molar-refractivity contribution in [2.45, 2.75) is 19.0 Å². The molecule has 1 unspecified atom stereocenters. The number of methoxy groups -OCH3 is 1. The van der Waals surface area contributed by atoms with Gasteiger partial charge in [0.15, 0.2) is 0 Å². The summed E-state index contributed by atoms with van der Waals surface area (Å²) in [4.78, 5) is 42.1. The average Bonchev–Trinajstić information content (AvgIpc) is 3.12. The van der Waals surface area contributed by atoms with Crippen LogP contribution in [0.3, 0.4) is 0 Å². The van der Waals surface area contributed by atoms with Gasteiger partial charge in [-0.15, -0.1) is 0 Å². The third-order valence-corrected chi connectivity index (χ3v) is 5.31. The molecule has 0 spiro atoms. The molecule has 1 saturated heterocycles. The molecular formula is C25H22N2O4. The highest BCUT2D eigenvalue weighted by atomic mass is 16.5. The van der Waals surface area contributed by atoms with Crippen LogP contribution in [0.5, 0.6) is 5.75 Å². The summed E-state index contributed by atoms with van der Waals surface area (Å²) < 4.78 is 5.20. The fourth-order valence-electron chi connectivity index (χ4n) is 3.71. The van der Waals surface area contributed by atoms with Crippen LogP contribution in [0.1, 0.15) is 22.3 Å². The number of ether oxygens (including phenoxy) is 1. The van der Waals surface area contributed by atoms with Gasteiger partial charge in [-0.05, 0) is 42.0 Å². The summed E-state index contributed by atoms with van der Waals surface area (Å²) in [7, 11) is 1.58. The van der Waals surface area contributed by atoms with Crippen molar-refractivity contribution in [2.75, 3.05) is 12.0 Å². The van der Waals surface area contributed by atoms with Gasteiger partial charge in [0, 0.05) is 12.1 Å². The summed E-state index contributed by atoms with van der Waals surface area (Å²) >= 11 is 0. The molecular weight excluding hydrogens is 392 g/mol. The van der Waals surface area contributed by atoms with E-state index < -0.39 is 11.9 Å². The quantitative estimate of drug-likeness (QED) is 0.577. The normalized spacial score (nSPS) is 15.8. The van der Waals surface area contributed by atoms with Crippen LogP contribution in [0.25, 0.3) is 0 Å². The highest BCUT2D eigenvalue weighted by molar-refractivity contribution is 6.23. The summed E-state index contributed by atoms with van der Waals surface area (Å²) in [6, 6.07) is 24.0. The Morgan fingerprint density at radius 1 is 0.935 bits per heavy atom. The lowest BCUT2D eigenvalue weighted by atomic mass is 10.1. The van der Waals surface area contributed by atoms with Gasteiger partial charge in [-0.3, -0.25) is 14.4 Å². The van der Waals surface area contributed by atoms with Gasteiger partial charge in [0.1, 0.15) is 11.8 Å². The molecule has 3 aromatic carbocycles. The number of carbonyl (C=O) groups is 3. The summed E-state index contributed by atoms with van der Waals surface area (Å²) in [6.45, 7) is 0.198. The van der Waals surface area contributed by atoms with E-state index in [1.54, 1.807) is 67.8 Å². The molecule has 1 aliphatic heterocycles. The lowest BCUT2D eigenvalue weighted by molar-refractivity contribution is -0.122. The molecule has 0 bridgehead atoms. The summed E-state index contributed by atoms with van der Waals surface area (Å²) in [6.07, 6.45) is -0.0531. The van der Waals surface area contributed by atoms with E-state index in [0.717, 1.165) is 5.56 Å². The Hall–Kier alpha value is -3.93. The molecule has 0 aliphatic carbocycles. The van der Waals surface area contributed by atoms with Crippen molar-refractivity contribution in [2.24, 2.45) is 0 Å². The number of hydrogen-bond donors (Lipinski definition) is 0. The van der Waals surface area contributed by atoms with Gasteiger partial charge < -0.3 is 9.64 Å². The Bertz CT molecular complexity index is 1080. The van der Waals surface area contributed by atoms with E-state index in [-0.39, 0.29) is 24.8 Å². The zero-order valence-corrected chi connectivity index (χ0v) is 17.1. The number of para-hydroxylation sites is 1. The van der Waals surface area contributed by atoms with E-state index in [0.29, 0.717) is 17.0 Å². The van der Waals surface area contributed by atoms with Crippen molar-refractivity contribution in [1.29, 1.82) is 0 Å². The lowest BCUT2D eigenvalue weighted by Crippen LogP contribution is -2.45. The Balaban J connectivity index is 1.67. The number of benzene rings is 3. The minimum atomic E-state index is -0.873. The molecule has 156 valence electrons. The fraction of sp³-hybridized carbons (Fsp3) is 0.160. The second-order valence-electron chi connectivity index (χ2n) is 7.27. The van der Waals surface area contributed by atoms with Crippen molar-refractivity contribution >= 4 is 23.4 Å². The lowest BCUT2D eigenvalue weighted by Gasteiger charge is -2.28. The minimum absolute atomic E-state index is 0.0531. The van der Waals surface area contributed by atoms with E-state index in [1.165, 1.54) is 9.80 Å². The second-order valence-corrected chi connectivity index (χ2v) is 7.27. The van der Waals surface area contributed by atoms with Gasteiger partial charge >= 0.3 is 0 Å². The van der Waals surface area contributed by atoms with Gasteiger partial charge in [0.2, 0.25) is 5.91 Å². The van der Waals surface area contributed by atoms with E-state index >= 15 is 0 Å². The first-order chi connectivity index (χ1) is 15.1. The van der Waals surface area contributed by atoms with E-state index in [1.807, 2.05) is 24.3 Å². The van der Waals surface area contributed by atoms with Crippen LogP contribution in [0.2, 0.25) is 0 Å². The summed E-state index contributed by atoms with van der Waals surface area (Å²) in [5, 5.41) is 0. The molecule has 6 heteroatoms. The number of hydrogen-bond acceptors (Lipinski definition) is 4. The van der Waals surface area contributed by atoms with Crippen molar-refractivity contribution in [1.82, 2.24) is 4.90 Å². The van der Waals surface area contributed by atoms with E-state index in [2.05, 4.69) is 0 Å². The number of amides is 3. The molecule has 1 fully saturated rings. The molecule has 0 radical (unpaired) electrons. The van der Waals surface area contributed by atoms with Crippen LogP contribution in [-0.4, -0.2) is 35.8 Å². The molecule has 6 nitrogen and oxygen atoms in total. The van der Waals surface area contributed by atoms with Gasteiger partial charge in [-0.1, -0.05) is 48.5 Å². The highest BCUT2D eigenvalue weighted by Crippen LogP contribution is 2.28. The Kier molecular flexibility index (Phi) is 5.80. The van der Waals surface area contributed by atoms with E-state index in [9.17, 15) is 14.4 Å². The summed E-state index contributed by atoms with van der Waals surface area (Å²) in [5.74, 6) is -0.305. The largest absolute Gasteiger partial charge is 0.497 e. The molecule has 1 aliphatic rings. The fourth-order valence-corrected chi connectivity index (χ4v) is 3.71. The van der Waals surface area contributed by atoms with Crippen LogP contribution in [0.15, 0.2) is 84.9 Å². The zero-order chi connectivity index (χ0) is 21.8. The van der Waals surface area contributed by atoms with Crippen LogP contribution in [0, 0.1) is 0 Å². The maximum absolute atomic E-state index is 13.4. The van der Waals surface area contributed by atoms with Gasteiger partial charge in [0.25, 0.3) is 11.8 Å². The molecule has 4 rings (SSSR count). The van der Waals surface area contributed by atoms with Crippen LogP contribution in [-0.2, 0) is 16.1 Å². The second kappa shape index (κ2) is 8.83. The minimum Gasteiger partial charge on any atom is -0.497 e. The van der Waals surface area contributed by atoms with Gasteiger partial charge in [0.05, 0.1) is 19.2 Å². The Morgan fingerprint density at radius 3 is 2.16 bits per heavy atom. The number of imide groups is 1. The first-order valence-corrected chi connectivity index (χ1v) is 9.99. The smallest absolute Gasteiger partial charge is 0.257 e. The molecule has 1 atom stereocenters. The molecule has 0 N–H and O–H groups in total. The average molecular weight is 414 g/mol. The zero-order valence-electron chi connectivity index (χ0n) is 17.1. The standard InChI is InChI=1S/C25H22N2O4/c1-31-21-14-12-18(13-15-21)17-26(24(29)19-8-4-2-5-9-19)22-16-23(28)27(25(22)30)20-10-6-3-7-11-20/h2-15,22H,16-17H2,1H3. The number of anilines is 1. The molecule has 1 heterocycles. The van der Waals surface area contributed by atoms with Gasteiger partial charge in [-0.2, -0.15) is 0 Å². The van der Waals surface area contributed by atoms with Crippen molar-refractivity contribution < 1.29 is 19.1 Å². The monoisotopic (exact) mass is 414 g/mol. The molecule has 31 heavy (non-hydrogen) atoms. The van der Waals surface area contributed by atoms with Crippen LogP contribution < -0.4 is 9.64 Å². The molecule has 3 amide bonds. The topological polar surface area (TPSA) is 66.9 Å². The van der Waals surface area contributed by atoms with Crippen molar-refractivity contribution in [3.8, 4) is 5.75 Å². The number of rotatable bonds is 6. The first kappa shape index (κ1) is 20.3. The van der Waals surface area contributed by atoms with Crippen molar-refractivity contribution in [3.63, 3.8) is 0 Å². The first-order valence-electron chi connectivity index (χ1n) is 9.99. The van der Waals surface area contributed by atoms with Crippen LogP contribution in [0.4, 0.5) is 5.69 Å². The Labute approximate surface area is 180 Å². The van der Waals surface area contributed by atoms with Crippen LogP contribution >= 0.6 is 0 Å². The summed E-state index contributed by atoms with van der Waals surface area (Å²) in [5.41, 5.74) is 1.81. The maximum atomic E-state index is 13.4. The predicted molar refractivity (Wildman–Crippen MR) is 117 cm³/mol. The predicted octanol–water partition coefficient (Wildman–Crippen LogP) is 3.67. The van der Waals surface area contributed by atoms with E-state index in [4.69, 9.17) is 4.74 Å². The molecule has 0 saturated carbocycles. The Morgan fingerprint density at radius 2 is 1.55 bits per heavy atom. The maximum Gasteiger partial charge on any atom is 0.257 e.